The summed E-state index contributed by atoms with van der Waals surface area (Å²) in [5, 5.41) is 1.54. The highest BCUT2D eigenvalue weighted by Crippen LogP contribution is 2.26. The van der Waals surface area contributed by atoms with Gasteiger partial charge in [0.25, 0.3) is 0 Å². The number of thiophene rings is 1. The van der Waals surface area contributed by atoms with Gasteiger partial charge in [-0.1, -0.05) is 0 Å². The van der Waals surface area contributed by atoms with Crippen LogP contribution in [0.5, 0.6) is 0 Å². The number of sulfonamides is 1. The van der Waals surface area contributed by atoms with Crippen molar-refractivity contribution in [1.29, 1.82) is 0 Å². The van der Waals surface area contributed by atoms with Crippen molar-refractivity contribution >= 4 is 39.7 Å². The second kappa shape index (κ2) is 7.20. The fraction of sp³-hybridized carbons (Fsp3) is 0.500. The van der Waals surface area contributed by atoms with E-state index >= 15 is 0 Å². The topological polar surface area (TPSA) is 89.7 Å². The van der Waals surface area contributed by atoms with Gasteiger partial charge in [-0.15, -0.1) is 23.7 Å². The summed E-state index contributed by atoms with van der Waals surface area (Å²) in [6.07, 6.45) is 0. The van der Waals surface area contributed by atoms with Gasteiger partial charge in [-0.2, -0.15) is 4.31 Å². The van der Waals surface area contributed by atoms with Crippen LogP contribution in [0, 0.1) is 0 Å². The Morgan fingerprint density at radius 3 is 2.63 bits per heavy atom. The van der Waals surface area contributed by atoms with E-state index in [9.17, 15) is 13.2 Å². The first kappa shape index (κ1) is 18.3. The zero-order chi connectivity index (χ0) is 13.9. The molecule has 0 aliphatic heterocycles. The lowest BCUT2D eigenvalue weighted by atomic mass is 10.4. The first-order chi connectivity index (χ1) is 8.36. The van der Waals surface area contributed by atoms with Crippen molar-refractivity contribution in [2.24, 2.45) is 5.73 Å². The first-order valence-corrected chi connectivity index (χ1v) is 7.52. The van der Waals surface area contributed by atoms with Gasteiger partial charge in [-0.3, -0.25) is 0 Å². The minimum absolute atomic E-state index is 0. The largest absolute Gasteiger partial charge is 0.465 e. The minimum Gasteiger partial charge on any atom is -0.465 e. The zero-order valence-corrected chi connectivity index (χ0v) is 13.3. The number of rotatable bonds is 5. The van der Waals surface area contributed by atoms with E-state index in [2.05, 4.69) is 4.74 Å². The third kappa shape index (κ3) is 3.67. The number of carbonyl (C=O) groups is 1. The Hall–Kier alpha value is -0.670. The van der Waals surface area contributed by atoms with Crippen LogP contribution in [-0.4, -0.2) is 45.4 Å². The van der Waals surface area contributed by atoms with E-state index in [0.717, 1.165) is 15.6 Å². The number of hydrogen-bond donors (Lipinski definition) is 1. The van der Waals surface area contributed by atoms with Crippen LogP contribution in [0.3, 0.4) is 0 Å². The van der Waals surface area contributed by atoms with Crippen molar-refractivity contribution in [3.8, 4) is 0 Å². The SMILES string of the molecule is COC(=O)c1sccc1S(=O)(=O)N(C)C(C)CN.Cl. The standard InChI is InChI=1S/C10H16N2O4S2.ClH/c1-7(6-11)12(2)18(14,15)8-4-5-17-9(8)10(13)16-3;/h4-5,7H,6,11H2,1-3H3;1H. The van der Waals surface area contributed by atoms with E-state index in [0.29, 0.717) is 0 Å². The van der Waals surface area contributed by atoms with Gasteiger partial charge in [0.1, 0.15) is 9.77 Å². The molecule has 2 N–H and O–H groups in total. The van der Waals surface area contributed by atoms with Gasteiger partial charge in [0.2, 0.25) is 10.0 Å². The minimum atomic E-state index is -3.73. The molecule has 6 nitrogen and oxygen atoms in total. The van der Waals surface area contributed by atoms with Crippen LogP contribution in [-0.2, 0) is 14.8 Å². The van der Waals surface area contributed by atoms with Crippen molar-refractivity contribution in [2.75, 3.05) is 20.7 Å². The van der Waals surface area contributed by atoms with Gasteiger partial charge in [-0.05, 0) is 18.4 Å². The van der Waals surface area contributed by atoms with Crippen molar-refractivity contribution < 1.29 is 17.9 Å². The molecule has 0 saturated carbocycles. The fourth-order valence-corrected chi connectivity index (χ4v) is 3.96. The van der Waals surface area contributed by atoms with E-state index < -0.39 is 16.0 Å². The summed E-state index contributed by atoms with van der Waals surface area (Å²) in [5.41, 5.74) is 5.45. The van der Waals surface area contributed by atoms with Crippen LogP contribution in [0.2, 0.25) is 0 Å². The molecule has 0 saturated heterocycles. The predicted octanol–water partition coefficient (Wildman–Crippen LogP) is 0.924. The summed E-state index contributed by atoms with van der Waals surface area (Å²) in [7, 11) is -1.08. The molecule has 0 radical (unpaired) electrons. The van der Waals surface area contributed by atoms with Gasteiger partial charge in [-0.25, -0.2) is 13.2 Å². The van der Waals surface area contributed by atoms with Gasteiger partial charge in [0, 0.05) is 19.6 Å². The number of nitrogens with zero attached hydrogens (tertiary/aromatic N) is 1. The summed E-state index contributed by atoms with van der Waals surface area (Å²) in [5.74, 6) is -0.655. The highest BCUT2D eigenvalue weighted by atomic mass is 35.5. The van der Waals surface area contributed by atoms with Crippen LogP contribution >= 0.6 is 23.7 Å². The number of carbonyl (C=O) groups excluding carboxylic acids is 1. The Bertz CT molecular complexity index is 529. The molecule has 1 rings (SSSR count). The third-order valence-electron chi connectivity index (χ3n) is 2.62. The fourth-order valence-electron chi connectivity index (χ4n) is 1.28. The van der Waals surface area contributed by atoms with Crippen molar-refractivity contribution in [1.82, 2.24) is 4.31 Å². The van der Waals surface area contributed by atoms with Gasteiger partial charge in [0.15, 0.2) is 0 Å². The Morgan fingerprint density at radius 1 is 1.58 bits per heavy atom. The van der Waals surface area contributed by atoms with Crippen LogP contribution in [0.15, 0.2) is 16.3 Å². The van der Waals surface area contributed by atoms with Crippen molar-refractivity contribution in [3.63, 3.8) is 0 Å². The summed E-state index contributed by atoms with van der Waals surface area (Å²) in [6, 6.07) is 1.05. The Balaban J connectivity index is 0.00000324. The third-order valence-corrected chi connectivity index (χ3v) is 5.66. The average Bonchev–Trinajstić information content (AvgIpc) is 2.85. The number of methoxy groups -OCH3 is 1. The zero-order valence-electron chi connectivity index (χ0n) is 10.8. The van der Waals surface area contributed by atoms with Crippen molar-refractivity contribution in [2.45, 2.75) is 17.9 Å². The number of halogens is 1. The van der Waals surface area contributed by atoms with E-state index in [1.807, 2.05) is 0 Å². The highest BCUT2D eigenvalue weighted by molar-refractivity contribution is 7.89. The molecule has 0 bridgehead atoms. The summed E-state index contributed by atoms with van der Waals surface area (Å²) in [6.45, 7) is 1.90. The van der Waals surface area contributed by atoms with Gasteiger partial charge < -0.3 is 10.5 Å². The molecule has 1 unspecified atom stereocenters. The van der Waals surface area contributed by atoms with Crippen LogP contribution in [0.1, 0.15) is 16.6 Å². The molecular formula is C10H17ClN2O4S2. The lowest BCUT2D eigenvalue weighted by Crippen LogP contribution is -2.39. The number of esters is 1. The maximum Gasteiger partial charge on any atom is 0.349 e. The molecule has 19 heavy (non-hydrogen) atoms. The maximum absolute atomic E-state index is 12.3. The first-order valence-electron chi connectivity index (χ1n) is 5.20. The molecule has 0 amide bonds. The molecule has 110 valence electrons. The van der Waals surface area contributed by atoms with E-state index in [-0.39, 0.29) is 34.8 Å². The highest BCUT2D eigenvalue weighted by Gasteiger charge is 2.30. The molecule has 1 heterocycles. The molecule has 0 spiro atoms. The Kier molecular flexibility index (Phi) is 6.95. The van der Waals surface area contributed by atoms with E-state index in [1.165, 1.54) is 20.2 Å². The molecule has 0 fully saturated rings. The van der Waals surface area contributed by atoms with E-state index in [1.54, 1.807) is 12.3 Å². The Labute approximate surface area is 123 Å². The monoisotopic (exact) mass is 328 g/mol. The number of likely N-dealkylation sites (N-methyl/N-ethyl adjacent to an activating group) is 1. The number of nitrogens with two attached hydrogens (primary N) is 1. The quantitative estimate of drug-likeness (QED) is 0.812. The average molecular weight is 329 g/mol. The molecule has 1 atom stereocenters. The molecule has 1 aromatic heterocycles. The Morgan fingerprint density at radius 2 is 2.16 bits per heavy atom. The second-order valence-electron chi connectivity index (χ2n) is 3.71. The lowest BCUT2D eigenvalue weighted by molar-refractivity contribution is 0.0602. The molecule has 0 aliphatic rings. The van der Waals surface area contributed by atoms with Gasteiger partial charge >= 0.3 is 5.97 Å². The maximum atomic E-state index is 12.3. The smallest absolute Gasteiger partial charge is 0.349 e. The summed E-state index contributed by atoms with van der Waals surface area (Å²) >= 11 is 1.03. The van der Waals surface area contributed by atoms with E-state index in [4.69, 9.17) is 5.73 Å². The summed E-state index contributed by atoms with van der Waals surface area (Å²) in [4.78, 5) is 11.5. The van der Waals surface area contributed by atoms with Gasteiger partial charge in [0.05, 0.1) is 7.11 Å². The van der Waals surface area contributed by atoms with Crippen molar-refractivity contribution in [3.05, 3.63) is 16.3 Å². The molecule has 0 aromatic carbocycles. The second-order valence-corrected chi connectivity index (χ2v) is 6.59. The number of hydrogen-bond acceptors (Lipinski definition) is 6. The molecular weight excluding hydrogens is 312 g/mol. The predicted molar refractivity (Wildman–Crippen MR) is 76.4 cm³/mol. The van der Waals surface area contributed by atoms with Crippen LogP contribution in [0.25, 0.3) is 0 Å². The number of ether oxygens (including phenoxy) is 1. The van der Waals surface area contributed by atoms with Crippen LogP contribution < -0.4 is 5.73 Å². The summed E-state index contributed by atoms with van der Waals surface area (Å²) < 4.78 is 30.3. The molecule has 0 aliphatic carbocycles. The van der Waals surface area contributed by atoms with Crippen LogP contribution in [0.4, 0.5) is 0 Å². The molecule has 1 aromatic rings. The lowest BCUT2D eigenvalue weighted by Gasteiger charge is -2.22. The molecule has 9 heteroatoms. The normalized spacial score (nSPS) is 12.9.